The summed E-state index contributed by atoms with van der Waals surface area (Å²) in [5.74, 6) is -0.842. The molecular formula is C24H22FN5O2S. The van der Waals surface area contributed by atoms with Crippen LogP contribution in [0, 0.1) is 12.7 Å². The second kappa shape index (κ2) is 9.83. The Morgan fingerprint density at radius 3 is 2.67 bits per heavy atom. The van der Waals surface area contributed by atoms with Gasteiger partial charge in [-0.05, 0) is 54.8 Å². The first-order valence-corrected chi connectivity index (χ1v) is 11.4. The van der Waals surface area contributed by atoms with Crippen LogP contribution in [0.15, 0.2) is 66.0 Å². The minimum Gasteiger partial charge on any atom is -0.325 e. The first-order valence-electron chi connectivity index (χ1n) is 10.4. The van der Waals surface area contributed by atoms with Crippen molar-refractivity contribution in [1.82, 2.24) is 14.6 Å². The van der Waals surface area contributed by atoms with Gasteiger partial charge in [-0.2, -0.15) is 0 Å². The van der Waals surface area contributed by atoms with Crippen LogP contribution in [0.1, 0.15) is 28.4 Å². The first-order chi connectivity index (χ1) is 15.9. The van der Waals surface area contributed by atoms with E-state index < -0.39 is 11.7 Å². The molecule has 2 amide bonds. The highest BCUT2D eigenvalue weighted by Crippen LogP contribution is 2.23. The predicted molar refractivity (Wildman–Crippen MR) is 127 cm³/mol. The Morgan fingerprint density at radius 1 is 1.06 bits per heavy atom. The normalized spacial score (nSPS) is 10.9. The van der Waals surface area contributed by atoms with Gasteiger partial charge in [0.2, 0.25) is 5.91 Å². The third kappa shape index (κ3) is 5.20. The third-order valence-electron chi connectivity index (χ3n) is 5.05. The van der Waals surface area contributed by atoms with Crippen LogP contribution in [0.4, 0.5) is 15.8 Å². The molecular weight excluding hydrogens is 441 g/mol. The van der Waals surface area contributed by atoms with Crippen molar-refractivity contribution >= 4 is 40.6 Å². The maximum atomic E-state index is 13.4. The lowest BCUT2D eigenvalue weighted by Crippen LogP contribution is -2.16. The van der Waals surface area contributed by atoms with Crippen LogP contribution < -0.4 is 10.6 Å². The summed E-state index contributed by atoms with van der Waals surface area (Å²) in [4.78, 5) is 25.2. The number of fused-ring (bicyclic) bond motifs is 1. The second-order valence-electron chi connectivity index (χ2n) is 7.39. The van der Waals surface area contributed by atoms with E-state index in [4.69, 9.17) is 0 Å². The summed E-state index contributed by atoms with van der Waals surface area (Å²) in [6.45, 7) is 4.01. The Labute approximate surface area is 194 Å². The lowest BCUT2D eigenvalue weighted by molar-refractivity contribution is -0.113. The van der Waals surface area contributed by atoms with E-state index in [9.17, 15) is 14.0 Å². The lowest BCUT2D eigenvalue weighted by atomic mass is 10.1. The van der Waals surface area contributed by atoms with Gasteiger partial charge in [0.15, 0.2) is 10.8 Å². The van der Waals surface area contributed by atoms with Crippen molar-refractivity contribution in [3.63, 3.8) is 0 Å². The molecule has 2 aromatic heterocycles. The predicted octanol–water partition coefficient (Wildman–Crippen LogP) is 4.72. The molecule has 0 saturated heterocycles. The summed E-state index contributed by atoms with van der Waals surface area (Å²) < 4.78 is 15.0. The van der Waals surface area contributed by atoms with Gasteiger partial charge in [-0.1, -0.05) is 43.0 Å². The van der Waals surface area contributed by atoms with E-state index in [2.05, 4.69) is 20.8 Å². The maximum Gasteiger partial charge on any atom is 0.257 e. The number of amides is 2. The highest BCUT2D eigenvalue weighted by molar-refractivity contribution is 7.99. The van der Waals surface area contributed by atoms with Crippen molar-refractivity contribution in [2.24, 2.45) is 0 Å². The van der Waals surface area contributed by atoms with Gasteiger partial charge in [-0.15, -0.1) is 10.2 Å². The summed E-state index contributed by atoms with van der Waals surface area (Å²) in [5, 5.41) is 14.4. The zero-order chi connectivity index (χ0) is 23.4. The SMILES string of the molecule is CCc1cccc(C)c1NC(=O)CSc1nnc2ccc(C(=O)Nc3cccc(F)c3)cn12. The summed E-state index contributed by atoms with van der Waals surface area (Å²) in [6, 6.07) is 14.9. The molecule has 9 heteroatoms. The molecule has 0 bridgehead atoms. The summed E-state index contributed by atoms with van der Waals surface area (Å²) >= 11 is 1.23. The summed E-state index contributed by atoms with van der Waals surface area (Å²) in [7, 11) is 0. The molecule has 0 aliphatic heterocycles. The number of nitrogens with one attached hydrogen (secondary N) is 2. The Kier molecular flexibility index (Phi) is 6.69. The molecule has 168 valence electrons. The van der Waals surface area contributed by atoms with E-state index in [1.807, 2.05) is 32.0 Å². The highest BCUT2D eigenvalue weighted by atomic mass is 32.2. The quantitative estimate of drug-likeness (QED) is 0.387. The molecule has 0 atom stereocenters. The topological polar surface area (TPSA) is 88.4 Å². The average Bonchev–Trinajstić information content (AvgIpc) is 3.21. The van der Waals surface area contributed by atoms with Gasteiger partial charge in [-0.3, -0.25) is 14.0 Å². The van der Waals surface area contributed by atoms with Gasteiger partial charge in [0.25, 0.3) is 5.91 Å². The van der Waals surface area contributed by atoms with Crippen LogP contribution in [0.25, 0.3) is 5.65 Å². The molecule has 2 aromatic carbocycles. The van der Waals surface area contributed by atoms with Gasteiger partial charge < -0.3 is 10.6 Å². The monoisotopic (exact) mass is 463 g/mol. The molecule has 0 unspecified atom stereocenters. The van der Waals surface area contributed by atoms with E-state index in [1.54, 1.807) is 28.8 Å². The Bertz CT molecular complexity index is 1340. The van der Waals surface area contributed by atoms with Crippen LogP contribution >= 0.6 is 11.8 Å². The number of thioether (sulfide) groups is 1. The number of rotatable bonds is 7. The number of benzene rings is 2. The smallest absolute Gasteiger partial charge is 0.257 e. The molecule has 2 heterocycles. The van der Waals surface area contributed by atoms with Gasteiger partial charge in [0.1, 0.15) is 5.82 Å². The molecule has 0 radical (unpaired) electrons. The van der Waals surface area contributed by atoms with Crippen LogP contribution in [-0.4, -0.2) is 32.2 Å². The number of nitrogens with zero attached hydrogens (tertiary/aromatic N) is 3. The van der Waals surface area contributed by atoms with Crippen LogP contribution in [0.5, 0.6) is 0 Å². The number of hydrogen-bond donors (Lipinski definition) is 2. The first kappa shape index (κ1) is 22.5. The van der Waals surface area contributed by atoms with E-state index >= 15 is 0 Å². The number of para-hydroxylation sites is 1. The molecule has 2 N–H and O–H groups in total. The van der Waals surface area contributed by atoms with Crippen molar-refractivity contribution in [1.29, 1.82) is 0 Å². The highest BCUT2D eigenvalue weighted by Gasteiger charge is 2.14. The Balaban J connectivity index is 1.46. The van der Waals surface area contributed by atoms with Gasteiger partial charge in [0.05, 0.1) is 11.3 Å². The molecule has 0 spiro atoms. The van der Waals surface area contributed by atoms with Crippen molar-refractivity contribution < 1.29 is 14.0 Å². The number of pyridine rings is 1. The molecule has 0 saturated carbocycles. The van der Waals surface area contributed by atoms with Gasteiger partial charge >= 0.3 is 0 Å². The molecule has 0 fully saturated rings. The standard InChI is InChI=1S/C24H22FN5O2S/c1-3-16-7-4-6-15(2)22(16)27-21(31)14-33-24-29-28-20-11-10-17(13-30(20)24)23(32)26-19-9-5-8-18(25)12-19/h4-13H,3,14H2,1-2H3,(H,26,32)(H,27,31). The van der Waals surface area contributed by atoms with Crippen LogP contribution in [-0.2, 0) is 11.2 Å². The minimum absolute atomic E-state index is 0.137. The lowest BCUT2D eigenvalue weighted by Gasteiger charge is -2.12. The van der Waals surface area contributed by atoms with Crippen molar-refractivity contribution in [3.8, 4) is 0 Å². The molecule has 4 aromatic rings. The maximum absolute atomic E-state index is 13.4. The largest absolute Gasteiger partial charge is 0.325 e. The fourth-order valence-corrected chi connectivity index (χ4v) is 4.10. The fraction of sp³-hybridized carbons (Fsp3) is 0.167. The number of halogens is 1. The average molecular weight is 464 g/mol. The number of carbonyl (C=O) groups is 2. The van der Waals surface area contributed by atoms with E-state index in [0.29, 0.717) is 22.1 Å². The van der Waals surface area contributed by atoms with Gasteiger partial charge in [-0.25, -0.2) is 4.39 Å². The third-order valence-corrected chi connectivity index (χ3v) is 6.00. The van der Waals surface area contributed by atoms with Crippen molar-refractivity contribution in [2.75, 3.05) is 16.4 Å². The number of aromatic nitrogens is 3. The van der Waals surface area contributed by atoms with Gasteiger partial charge in [0, 0.05) is 17.6 Å². The molecule has 0 aliphatic carbocycles. The second-order valence-corrected chi connectivity index (χ2v) is 8.33. The number of aryl methyl sites for hydroxylation is 2. The number of anilines is 2. The molecule has 4 rings (SSSR count). The minimum atomic E-state index is -0.434. The number of hydrogen-bond acceptors (Lipinski definition) is 5. The van der Waals surface area contributed by atoms with Crippen LogP contribution in [0.3, 0.4) is 0 Å². The van der Waals surface area contributed by atoms with E-state index in [-0.39, 0.29) is 11.7 Å². The van der Waals surface area contributed by atoms with Crippen molar-refractivity contribution in [3.05, 3.63) is 83.3 Å². The number of carbonyl (C=O) groups excluding carboxylic acids is 2. The zero-order valence-electron chi connectivity index (χ0n) is 18.1. The van der Waals surface area contributed by atoms with E-state index in [0.717, 1.165) is 23.2 Å². The fourth-order valence-electron chi connectivity index (χ4n) is 3.38. The molecule has 7 nitrogen and oxygen atoms in total. The van der Waals surface area contributed by atoms with Crippen LogP contribution in [0.2, 0.25) is 0 Å². The summed E-state index contributed by atoms with van der Waals surface area (Å²) in [5.41, 5.74) is 4.19. The van der Waals surface area contributed by atoms with E-state index in [1.165, 1.54) is 30.0 Å². The Hall–Kier alpha value is -3.72. The summed E-state index contributed by atoms with van der Waals surface area (Å²) in [6.07, 6.45) is 2.42. The van der Waals surface area contributed by atoms with Crippen molar-refractivity contribution in [2.45, 2.75) is 25.4 Å². The zero-order valence-corrected chi connectivity index (χ0v) is 18.9. The molecule has 0 aliphatic rings. The molecule has 33 heavy (non-hydrogen) atoms. The Morgan fingerprint density at radius 2 is 1.88 bits per heavy atom.